The molecule has 1 heterocycles. The Morgan fingerprint density at radius 3 is 2.47 bits per heavy atom. The molecule has 0 aliphatic carbocycles. The van der Waals surface area contributed by atoms with Crippen molar-refractivity contribution in [1.29, 1.82) is 0 Å². The van der Waals surface area contributed by atoms with Crippen LogP contribution in [0.1, 0.15) is 22.8 Å². The second kappa shape index (κ2) is 12.2. The van der Waals surface area contributed by atoms with E-state index in [4.69, 9.17) is 9.73 Å². The molecular weight excluding hydrogens is 491 g/mol. The first-order valence-corrected chi connectivity index (χ1v) is 9.70. The van der Waals surface area contributed by atoms with Gasteiger partial charge in [0.1, 0.15) is 11.6 Å². The zero-order chi connectivity index (χ0) is 20.5. The second-order valence-electron chi connectivity index (χ2n) is 6.72. The highest BCUT2D eigenvalue weighted by Gasteiger charge is 2.07. The minimum Gasteiger partial charge on any atom is -0.496 e. The molecule has 3 aromatic rings. The monoisotopic (exact) mass is 520 g/mol. The number of aromatic nitrogens is 3. The number of nitrogens with one attached hydrogen (secondary N) is 2. The normalized spacial score (nSPS) is 11.0. The van der Waals surface area contributed by atoms with Gasteiger partial charge in [0.25, 0.3) is 0 Å². The third-order valence-electron chi connectivity index (χ3n) is 4.74. The Hall–Kier alpha value is -2.62. The molecule has 30 heavy (non-hydrogen) atoms. The summed E-state index contributed by atoms with van der Waals surface area (Å²) < 4.78 is 7.41. The number of para-hydroxylation sites is 1. The molecule has 2 aromatic carbocycles. The maximum Gasteiger partial charge on any atom is 0.191 e. The van der Waals surface area contributed by atoms with Gasteiger partial charge < -0.3 is 19.9 Å². The van der Waals surface area contributed by atoms with E-state index >= 15 is 0 Å². The lowest BCUT2D eigenvalue weighted by Crippen LogP contribution is -2.38. The van der Waals surface area contributed by atoms with Crippen molar-refractivity contribution in [3.63, 3.8) is 0 Å². The van der Waals surface area contributed by atoms with Crippen LogP contribution in [0.15, 0.2) is 59.6 Å². The van der Waals surface area contributed by atoms with Crippen LogP contribution in [0.2, 0.25) is 0 Å². The van der Waals surface area contributed by atoms with Gasteiger partial charge in [0.15, 0.2) is 11.8 Å². The van der Waals surface area contributed by atoms with Gasteiger partial charge in [-0.05, 0) is 30.5 Å². The van der Waals surface area contributed by atoms with Gasteiger partial charge in [0, 0.05) is 13.6 Å². The smallest absolute Gasteiger partial charge is 0.191 e. The zero-order valence-corrected chi connectivity index (χ0v) is 20.0. The first-order valence-electron chi connectivity index (χ1n) is 9.70. The van der Waals surface area contributed by atoms with Crippen molar-refractivity contribution in [1.82, 2.24) is 25.4 Å². The lowest BCUT2D eigenvalue weighted by molar-refractivity contribution is 0.409. The molecule has 2 N–H and O–H groups in total. The van der Waals surface area contributed by atoms with Crippen LogP contribution in [0, 0.1) is 6.92 Å². The summed E-state index contributed by atoms with van der Waals surface area (Å²) >= 11 is 0. The number of aliphatic imine (C=N–C) groups is 1. The Morgan fingerprint density at radius 2 is 1.77 bits per heavy atom. The predicted octanol–water partition coefficient (Wildman–Crippen LogP) is 3.23. The van der Waals surface area contributed by atoms with Crippen LogP contribution >= 0.6 is 24.0 Å². The molecule has 0 saturated heterocycles. The van der Waals surface area contributed by atoms with Crippen molar-refractivity contribution < 1.29 is 4.74 Å². The number of benzene rings is 2. The summed E-state index contributed by atoms with van der Waals surface area (Å²) in [6.07, 6.45) is 0.832. The number of hydrogen-bond donors (Lipinski definition) is 2. The second-order valence-corrected chi connectivity index (χ2v) is 6.72. The highest BCUT2D eigenvalue weighted by Crippen LogP contribution is 2.17. The number of guanidine groups is 1. The van der Waals surface area contributed by atoms with E-state index in [9.17, 15) is 0 Å². The fourth-order valence-corrected chi connectivity index (χ4v) is 2.92. The summed E-state index contributed by atoms with van der Waals surface area (Å²) in [6, 6.07) is 18.3. The lowest BCUT2D eigenvalue weighted by Gasteiger charge is -2.14. The van der Waals surface area contributed by atoms with Gasteiger partial charge in [-0.2, -0.15) is 0 Å². The fourth-order valence-electron chi connectivity index (χ4n) is 2.92. The maximum atomic E-state index is 5.44. The first kappa shape index (κ1) is 23.7. The number of hydrogen-bond acceptors (Lipinski definition) is 4. The third-order valence-corrected chi connectivity index (χ3v) is 4.74. The molecule has 7 nitrogen and oxygen atoms in total. The predicted molar refractivity (Wildman–Crippen MR) is 130 cm³/mol. The van der Waals surface area contributed by atoms with Crippen molar-refractivity contribution in [3.8, 4) is 5.75 Å². The average Bonchev–Trinajstić information content (AvgIpc) is 3.08. The van der Waals surface area contributed by atoms with Crippen LogP contribution in [0.3, 0.4) is 0 Å². The van der Waals surface area contributed by atoms with Crippen LogP contribution in [-0.2, 0) is 26.6 Å². The number of rotatable bonds is 8. The summed E-state index contributed by atoms with van der Waals surface area (Å²) in [5.41, 5.74) is 2.32. The molecule has 0 aliphatic heterocycles. The van der Waals surface area contributed by atoms with Crippen molar-refractivity contribution in [3.05, 3.63) is 77.4 Å². The van der Waals surface area contributed by atoms with E-state index in [2.05, 4.69) is 39.0 Å². The van der Waals surface area contributed by atoms with Crippen LogP contribution in [-0.4, -0.2) is 34.4 Å². The van der Waals surface area contributed by atoms with E-state index < -0.39 is 0 Å². The molecule has 0 aliphatic rings. The van der Waals surface area contributed by atoms with E-state index in [1.165, 1.54) is 0 Å². The molecule has 1 aromatic heterocycles. The highest BCUT2D eigenvalue weighted by molar-refractivity contribution is 14.0. The SMILES string of the molecule is COc1ccccc1CCNC(=NCc1ccccc1)NCc1nnc(C)n1C.I. The van der Waals surface area contributed by atoms with Crippen molar-refractivity contribution >= 4 is 29.9 Å². The van der Waals surface area contributed by atoms with Crippen molar-refractivity contribution in [2.75, 3.05) is 13.7 Å². The van der Waals surface area contributed by atoms with Crippen LogP contribution in [0.5, 0.6) is 5.75 Å². The Morgan fingerprint density at radius 1 is 1.03 bits per heavy atom. The van der Waals surface area contributed by atoms with Gasteiger partial charge in [0.2, 0.25) is 0 Å². The molecule has 0 unspecified atom stereocenters. The average molecular weight is 520 g/mol. The first-order chi connectivity index (χ1) is 14.2. The van der Waals surface area contributed by atoms with Crippen molar-refractivity contribution in [2.24, 2.45) is 12.0 Å². The number of nitrogens with zero attached hydrogens (tertiary/aromatic N) is 4. The largest absolute Gasteiger partial charge is 0.496 e. The van der Waals surface area contributed by atoms with E-state index in [-0.39, 0.29) is 24.0 Å². The van der Waals surface area contributed by atoms with Crippen LogP contribution < -0.4 is 15.4 Å². The van der Waals surface area contributed by atoms with E-state index in [1.54, 1.807) is 7.11 Å². The van der Waals surface area contributed by atoms with Gasteiger partial charge in [-0.3, -0.25) is 0 Å². The molecule has 8 heteroatoms. The minimum absolute atomic E-state index is 0. The molecule has 3 rings (SSSR count). The molecular formula is C22H29IN6O. The van der Waals surface area contributed by atoms with Gasteiger partial charge in [-0.25, -0.2) is 4.99 Å². The van der Waals surface area contributed by atoms with Crippen molar-refractivity contribution in [2.45, 2.75) is 26.4 Å². The molecule has 160 valence electrons. The molecule has 0 atom stereocenters. The molecule has 0 radical (unpaired) electrons. The Bertz CT molecular complexity index is 942. The number of aryl methyl sites for hydroxylation is 1. The topological polar surface area (TPSA) is 76.4 Å². The van der Waals surface area contributed by atoms with E-state index in [0.717, 1.165) is 47.5 Å². The molecule has 0 saturated carbocycles. The Kier molecular flexibility index (Phi) is 9.59. The van der Waals surface area contributed by atoms with Gasteiger partial charge >= 0.3 is 0 Å². The number of methoxy groups -OCH3 is 1. The molecule has 0 fully saturated rings. The summed E-state index contributed by atoms with van der Waals surface area (Å²) in [7, 11) is 3.66. The Balaban J connectivity index is 0.00000320. The minimum atomic E-state index is 0. The lowest BCUT2D eigenvalue weighted by atomic mass is 10.1. The zero-order valence-electron chi connectivity index (χ0n) is 17.6. The quantitative estimate of drug-likeness (QED) is 0.271. The third kappa shape index (κ3) is 6.72. The fraction of sp³-hybridized carbons (Fsp3) is 0.318. The van der Waals surface area contributed by atoms with Gasteiger partial charge in [-0.15, -0.1) is 34.2 Å². The summed E-state index contributed by atoms with van der Waals surface area (Å²) in [5, 5.41) is 15.1. The highest BCUT2D eigenvalue weighted by atomic mass is 127. The standard InChI is InChI=1S/C22H28N6O.HI/c1-17-26-27-21(28(17)2)16-25-22(24-15-18-9-5-4-6-10-18)23-14-13-19-11-7-8-12-20(19)29-3;/h4-12H,13-16H2,1-3H3,(H2,23,24,25);1H. The summed E-state index contributed by atoms with van der Waals surface area (Å²) in [5.74, 6) is 3.39. The number of halogens is 1. The molecule has 0 spiro atoms. The number of ether oxygens (including phenoxy) is 1. The van der Waals surface area contributed by atoms with Gasteiger partial charge in [0.05, 0.1) is 20.2 Å². The maximum absolute atomic E-state index is 5.44. The van der Waals surface area contributed by atoms with Crippen LogP contribution in [0.4, 0.5) is 0 Å². The van der Waals surface area contributed by atoms with E-state index in [0.29, 0.717) is 13.1 Å². The van der Waals surface area contributed by atoms with Gasteiger partial charge in [-0.1, -0.05) is 48.5 Å². The van der Waals surface area contributed by atoms with Crippen LogP contribution in [0.25, 0.3) is 0 Å². The van der Waals surface area contributed by atoms with E-state index in [1.807, 2.05) is 54.9 Å². The Labute approximate surface area is 195 Å². The molecule has 0 amide bonds. The molecule has 0 bridgehead atoms. The summed E-state index contributed by atoms with van der Waals surface area (Å²) in [4.78, 5) is 4.73. The summed E-state index contributed by atoms with van der Waals surface area (Å²) in [6.45, 7) is 3.82.